The van der Waals surface area contributed by atoms with Crippen LogP contribution in [0.15, 0.2) is 101 Å². The van der Waals surface area contributed by atoms with Crippen LogP contribution in [-0.2, 0) is 96.9 Å². The number of nitrogens with zero attached hydrogens (tertiary/aromatic N) is 3. The molecule has 4 aliphatic heterocycles. The number of carbonyl (C=O) groups is 7. The number of rotatable bonds is 39. The number of carbonyl (C=O) groups excluding carboxylic acids is 7. The lowest BCUT2D eigenvalue weighted by Gasteiger charge is -2.42. The molecule has 0 spiro atoms. The van der Waals surface area contributed by atoms with Gasteiger partial charge in [0.1, 0.15) is 60.2 Å². The third-order valence-corrected chi connectivity index (χ3v) is 24.8. The molecule has 2 aromatic carbocycles. The van der Waals surface area contributed by atoms with Gasteiger partial charge in [0.25, 0.3) is 22.8 Å². The molecule has 3 fully saturated rings. The van der Waals surface area contributed by atoms with Gasteiger partial charge >= 0.3 is 5.97 Å². The summed E-state index contributed by atoms with van der Waals surface area (Å²) >= 11 is 6.84. The summed E-state index contributed by atoms with van der Waals surface area (Å²) < 4.78 is 96.9. The summed E-state index contributed by atoms with van der Waals surface area (Å²) in [6.07, 6.45) is 10.2. The first-order chi connectivity index (χ1) is 61.1. The molecule has 2 saturated heterocycles. The maximum absolute atomic E-state index is 15.7. The van der Waals surface area contributed by atoms with Gasteiger partial charge in [0, 0.05) is 117 Å². The summed E-state index contributed by atoms with van der Waals surface area (Å²) in [6.45, 7) is 19.3. The number of piperidine rings is 1. The number of anilines is 1. The molecule has 31 nitrogen and oxygen atoms in total. The van der Waals surface area contributed by atoms with Gasteiger partial charge in [-0.15, -0.1) is 11.8 Å². The van der Waals surface area contributed by atoms with Gasteiger partial charge in [-0.2, -0.15) is 0 Å². The number of aliphatic hydroxyl groups excluding tert-OH is 2. The molecule has 5 aliphatic rings. The molecule has 8 rings (SSSR count). The Labute approximate surface area is 756 Å². The number of Topliss-reactive ketones (excluding diaryl/α,β-unsaturated/α-hetero) is 3. The minimum atomic E-state index is -2.50. The largest absolute Gasteiger partial charge is 0.491 e. The molecular weight excluding hydrogens is 1680 g/mol. The number of nitrogens with two attached hydrogens (primary N) is 2. The molecule has 127 heavy (non-hydrogen) atoms. The average Bonchev–Trinajstić information content (AvgIpc) is 0.891. The molecule has 2 bridgehead atoms. The monoisotopic (exact) mass is 1820 g/mol. The Bertz CT molecular complexity index is 4110. The number of halogens is 1. The standard InChI is InChI=1S/C93H136FN7O24S2/c1-60-15-11-10-12-16-61(2)78(112-8)56-71-22-18-65(6)93(111,125-71)88(107)90(109)101-31-14-13-17-74(101)91(110)123-79(57-75(102)62(3)52-64(5)86(105)87(106)85(104)63(4)51-60)73(95)53-67-19-24-77(80(54-67)113-9)124-92(126)98-29-34-115-37-39-117-41-43-119-45-47-121-49-48-120-46-44-118-42-40-116-38-36-114-33-28-83(103)97-30-50-127-81-26-23-72(66(7)84(81)94)89(108)100-32-35-122-76-25-20-68(55-70(76)59-100)69-21-27-82(96)99-58-69/h10-12,15-16,20-21,23,25-27,52,55,58,60,62-63,65,67,71,73-74,77-80,86-87,105-106,111H,13-14,17-19,22,24,28-51,53-54,56-57,59,95H2,1-9H3,(H2,96,99)(H,97,103)(H,98,126)/b12-10+,15-11+,61-16+,64-52+/t60-,62-,63-,65-,67+,71+,73-,74+,77-,78+,79+,80-,86-,87+,93-/m1/s1. The van der Waals surface area contributed by atoms with Crippen LogP contribution in [0.2, 0.25) is 0 Å². The van der Waals surface area contributed by atoms with E-state index in [4.69, 9.17) is 90.0 Å². The van der Waals surface area contributed by atoms with E-state index in [-0.39, 0.29) is 90.8 Å². The van der Waals surface area contributed by atoms with Crippen LogP contribution in [-0.4, -0.2) is 295 Å². The topological polar surface area (TPSA) is 405 Å². The van der Waals surface area contributed by atoms with Crippen molar-refractivity contribution in [2.75, 3.05) is 164 Å². The maximum atomic E-state index is 15.7. The lowest BCUT2D eigenvalue weighted by molar-refractivity contribution is -0.265. The fourth-order valence-electron chi connectivity index (χ4n) is 15.9. The zero-order valence-electron chi connectivity index (χ0n) is 75.2. The highest BCUT2D eigenvalue weighted by molar-refractivity contribution is 7.99. The Morgan fingerprint density at radius 2 is 1.37 bits per heavy atom. The summed E-state index contributed by atoms with van der Waals surface area (Å²) in [7, 11) is 3.13. The molecule has 0 unspecified atom stereocenters. The van der Waals surface area contributed by atoms with E-state index in [0.29, 0.717) is 205 Å². The third kappa shape index (κ3) is 33.9. The molecule has 9 N–H and O–H groups in total. The van der Waals surface area contributed by atoms with Gasteiger partial charge in [-0.05, 0) is 168 Å². The number of methoxy groups -OCH3 is 2. The van der Waals surface area contributed by atoms with Gasteiger partial charge < -0.3 is 114 Å². The Balaban J connectivity index is 0.636. The molecule has 706 valence electrons. The summed E-state index contributed by atoms with van der Waals surface area (Å²) in [4.78, 5) is 105. The number of hydrogen-bond donors (Lipinski definition) is 7. The Kier molecular flexibility index (Phi) is 45.8. The predicted octanol–water partition coefficient (Wildman–Crippen LogP) is 8.67. The number of aromatic nitrogens is 1. The van der Waals surface area contributed by atoms with Crippen LogP contribution >= 0.6 is 24.0 Å². The first kappa shape index (κ1) is 105. The second-order valence-electron chi connectivity index (χ2n) is 33.1. The maximum Gasteiger partial charge on any atom is 0.329 e. The highest BCUT2D eigenvalue weighted by Gasteiger charge is 2.53. The van der Waals surface area contributed by atoms with E-state index in [1.165, 1.54) is 24.8 Å². The molecule has 0 radical (unpaired) electrons. The fraction of sp³-hybridized carbons (Fsp3) is 0.645. The summed E-state index contributed by atoms with van der Waals surface area (Å²) in [5.41, 5.74) is 17.0. The first-order valence-electron chi connectivity index (χ1n) is 44.5. The number of ether oxygens (including phenoxy) is 14. The zero-order valence-corrected chi connectivity index (χ0v) is 76.9. The number of fused-ring (bicyclic) bond motifs is 4. The molecule has 5 heterocycles. The Morgan fingerprint density at radius 3 is 2.02 bits per heavy atom. The van der Waals surface area contributed by atoms with Crippen LogP contribution in [0.1, 0.15) is 146 Å². The molecule has 3 amide bonds. The Morgan fingerprint density at radius 1 is 0.717 bits per heavy atom. The molecule has 1 aliphatic carbocycles. The van der Waals surface area contributed by atoms with Gasteiger partial charge in [0.05, 0.1) is 131 Å². The van der Waals surface area contributed by atoms with Gasteiger partial charge in [0.2, 0.25) is 11.7 Å². The van der Waals surface area contributed by atoms with Crippen LogP contribution in [0.4, 0.5) is 10.2 Å². The van der Waals surface area contributed by atoms with E-state index in [0.717, 1.165) is 27.2 Å². The van der Waals surface area contributed by atoms with Crippen molar-refractivity contribution >= 4 is 76.0 Å². The lowest BCUT2D eigenvalue weighted by atomic mass is 9.80. The van der Waals surface area contributed by atoms with Crippen molar-refractivity contribution < 1.29 is 120 Å². The zero-order chi connectivity index (χ0) is 91.8. The van der Waals surface area contributed by atoms with Gasteiger partial charge in [0.15, 0.2) is 5.78 Å². The van der Waals surface area contributed by atoms with Crippen LogP contribution in [0.25, 0.3) is 11.1 Å². The SMILES string of the molecule is CO[C@H]1C[C@@H]2CC[C@@H](C)[C@@](O)(O2)C(=O)C(=O)N2CCCC[C@H]2C(=O)O[C@H]([C@H](N)C[C@@H]2CC[C@@H](OC(=S)NCCOCCOCCOCCOCCOCCOCCOCCOCCC(=O)NCCSc3ccc(C(=O)N4CCOc5ccc(-c6ccc(N)nc6)cc5C4)c(C)c3F)[C@H](OC)C2)CC(=O)[C@H](C)/C=C(\C)[C@@H](O)[C@@H](O)C(=O)[C@H](C)C[C@H](C)/C=C/C=C/C=C/1C. The third-order valence-electron chi connectivity index (χ3n) is 23.5. The van der Waals surface area contributed by atoms with Crippen molar-refractivity contribution in [3.05, 3.63) is 119 Å². The van der Waals surface area contributed by atoms with Crippen molar-refractivity contribution in [2.45, 2.75) is 204 Å². The molecule has 34 heteroatoms. The molecule has 1 saturated carbocycles. The summed E-state index contributed by atoms with van der Waals surface area (Å²) in [5.74, 6) is -8.53. The van der Waals surface area contributed by atoms with E-state index < -0.39 is 113 Å². The number of hydrogen-bond acceptors (Lipinski definition) is 29. The van der Waals surface area contributed by atoms with Crippen molar-refractivity contribution in [2.24, 2.45) is 35.3 Å². The van der Waals surface area contributed by atoms with Crippen LogP contribution in [0, 0.1) is 42.3 Å². The average molecular weight is 1820 g/mol. The van der Waals surface area contributed by atoms with Crippen molar-refractivity contribution in [3.8, 4) is 16.9 Å². The normalized spacial score (nSPS) is 26.9. The van der Waals surface area contributed by atoms with E-state index in [9.17, 15) is 48.9 Å². The van der Waals surface area contributed by atoms with E-state index in [1.54, 1.807) is 71.2 Å². The van der Waals surface area contributed by atoms with Crippen molar-refractivity contribution in [1.29, 1.82) is 0 Å². The minimum Gasteiger partial charge on any atom is -0.491 e. The van der Waals surface area contributed by atoms with Crippen molar-refractivity contribution in [1.82, 2.24) is 25.4 Å². The van der Waals surface area contributed by atoms with Gasteiger partial charge in [-0.3, -0.25) is 28.8 Å². The molecule has 1 aromatic heterocycles. The number of pyridine rings is 1. The van der Waals surface area contributed by atoms with Crippen LogP contribution in [0.5, 0.6) is 5.75 Å². The quantitative estimate of drug-likeness (QED) is 0.00701. The van der Waals surface area contributed by atoms with Crippen molar-refractivity contribution in [3.63, 3.8) is 0 Å². The number of aliphatic hydroxyl groups is 3. The van der Waals surface area contributed by atoms with Gasteiger partial charge in [-0.25, -0.2) is 14.2 Å². The van der Waals surface area contributed by atoms with E-state index in [1.807, 2.05) is 68.5 Å². The van der Waals surface area contributed by atoms with Crippen LogP contribution < -0.4 is 26.8 Å². The number of cyclic esters (lactones) is 1. The highest BCUT2D eigenvalue weighted by atomic mass is 32.2. The first-order valence-corrected chi connectivity index (χ1v) is 45.9. The lowest BCUT2D eigenvalue weighted by Crippen LogP contribution is -2.61. The number of esters is 1. The second-order valence-corrected chi connectivity index (χ2v) is 34.6. The second kappa shape index (κ2) is 55.6. The van der Waals surface area contributed by atoms with Crippen LogP contribution in [0.3, 0.4) is 0 Å². The fourth-order valence-corrected chi connectivity index (χ4v) is 17.0. The number of nitrogens with one attached hydrogen (secondary N) is 2. The highest BCUT2D eigenvalue weighted by Crippen LogP contribution is 2.39. The minimum absolute atomic E-state index is 0.00965. The summed E-state index contributed by atoms with van der Waals surface area (Å²) in [5, 5.41) is 40.7. The number of amides is 3. The number of benzene rings is 2. The van der Waals surface area contributed by atoms with E-state index >= 15 is 4.39 Å². The Hall–Kier alpha value is -7.59. The number of allylic oxidation sites excluding steroid dienone is 6. The predicted molar refractivity (Wildman–Crippen MR) is 479 cm³/mol. The molecule has 15 atom stereocenters. The molecule has 3 aromatic rings. The summed E-state index contributed by atoms with van der Waals surface area (Å²) in [6, 6.07) is 10.5. The number of nitrogen functional groups attached to an aromatic ring is 1. The van der Waals surface area contributed by atoms with E-state index in [2.05, 4.69) is 15.6 Å². The number of ketones is 3. The molecular formula is C93H136FN7O24S2. The van der Waals surface area contributed by atoms with Gasteiger partial charge in [-0.1, -0.05) is 70.2 Å². The smallest absolute Gasteiger partial charge is 0.329 e. The number of thioether (sulfide) groups is 1. The number of thiocarbonyl (C=S) groups is 1.